The highest BCUT2D eigenvalue weighted by Crippen LogP contribution is 2.45. The van der Waals surface area contributed by atoms with Crippen LogP contribution in [-0.4, -0.2) is 12.5 Å². The molecule has 1 nitrogen and oxygen atoms in total. The number of fused-ring (bicyclic) bond motifs is 3. The predicted octanol–water partition coefficient (Wildman–Crippen LogP) is 4.29. The normalized spacial score (nSPS) is 20.8. The molecule has 0 spiro atoms. The minimum atomic E-state index is -0.0698. The molecule has 1 aliphatic carbocycles. The average Bonchev–Trinajstić information content (AvgIpc) is 2.93. The van der Waals surface area contributed by atoms with E-state index in [0.29, 0.717) is 0 Å². The fraction of sp³-hybridized carbons (Fsp3) is 0.400. The van der Waals surface area contributed by atoms with Crippen molar-refractivity contribution in [2.24, 2.45) is 5.41 Å². The fourth-order valence-electron chi connectivity index (χ4n) is 3.82. The molecule has 0 saturated carbocycles. The molecule has 2 heteroatoms. The van der Waals surface area contributed by atoms with E-state index in [2.05, 4.69) is 70.2 Å². The molecule has 0 amide bonds. The van der Waals surface area contributed by atoms with E-state index in [0.717, 1.165) is 12.7 Å². The van der Waals surface area contributed by atoms with Crippen LogP contribution in [0.5, 0.6) is 0 Å². The third kappa shape index (κ3) is 1.97. The molecule has 1 fully saturated rings. The van der Waals surface area contributed by atoms with Crippen LogP contribution in [0.2, 0.25) is 6.32 Å². The molecule has 1 aliphatic heterocycles. The molecule has 2 aliphatic rings. The molecule has 2 aromatic rings. The van der Waals surface area contributed by atoms with Gasteiger partial charge in [0.1, 0.15) is 0 Å². The molecule has 0 unspecified atom stereocenters. The number of benzene rings is 2. The van der Waals surface area contributed by atoms with Crippen LogP contribution in [0.25, 0.3) is 11.1 Å². The van der Waals surface area contributed by atoms with E-state index in [-0.39, 0.29) is 17.9 Å². The fourth-order valence-corrected chi connectivity index (χ4v) is 3.82. The Morgan fingerprint density at radius 3 is 2.36 bits per heavy atom. The van der Waals surface area contributed by atoms with Crippen molar-refractivity contribution in [3.8, 4) is 11.1 Å². The Bertz CT molecular complexity index is 729. The summed E-state index contributed by atoms with van der Waals surface area (Å²) in [6, 6.07) is 15.7. The van der Waals surface area contributed by atoms with Crippen LogP contribution in [0.3, 0.4) is 0 Å². The van der Waals surface area contributed by atoms with Gasteiger partial charge in [-0.25, -0.2) is 0 Å². The predicted molar refractivity (Wildman–Crippen MR) is 93.8 cm³/mol. The van der Waals surface area contributed by atoms with Crippen molar-refractivity contribution in [3.63, 3.8) is 0 Å². The second-order valence-corrected chi connectivity index (χ2v) is 7.96. The van der Waals surface area contributed by atoms with Crippen LogP contribution in [-0.2, 0) is 11.1 Å². The molecule has 0 radical (unpaired) electrons. The topological polar surface area (TPSA) is 9.23 Å². The number of hydrogen-bond donors (Lipinski definition) is 0. The van der Waals surface area contributed by atoms with Crippen molar-refractivity contribution in [2.45, 2.75) is 46.0 Å². The molecule has 22 heavy (non-hydrogen) atoms. The molecular weight excluding hydrogens is 267 g/mol. The lowest BCUT2D eigenvalue weighted by molar-refractivity contribution is 0.0375. The molecule has 0 N–H and O–H groups in total. The Labute approximate surface area is 133 Å². The maximum atomic E-state index is 6.39. The third-order valence-electron chi connectivity index (χ3n) is 5.95. The van der Waals surface area contributed by atoms with E-state index in [1.807, 2.05) is 0 Å². The van der Waals surface area contributed by atoms with Crippen LogP contribution in [0.1, 0.15) is 38.8 Å². The highest BCUT2D eigenvalue weighted by atomic mass is 16.5. The molecule has 0 aromatic heterocycles. The third-order valence-corrected chi connectivity index (χ3v) is 5.95. The van der Waals surface area contributed by atoms with Gasteiger partial charge < -0.3 is 4.65 Å². The summed E-state index contributed by atoms with van der Waals surface area (Å²) in [7, 11) is 0. The first kappa shape index (κ1) is 14.1. The van der Waals surface area contributed by atoms with Crippen LogP contribution >= 0.6 is 0 Å². The lowest BCUT2D eigenvalue weighted by atomic mass is 9.54. The minimum Gasteiger partial charge on any atom is -0.426 e. The molecule has 1 heterocycles. The van der Waals surface area contributed by atoms with Crippen molar-refractivity contribution < 1.29 is 4.65 Å². The molecule has 1 saturated heterocycles. The molecular formula is C20H23BO. The van der Waals surface area contributed by atoms with Crippen LogP contribution < -0.4 is 5.46 Å². The van der Waals surface area contributed by atoms with Gasteiger partial charge in [-0.1, -0.05) is 56.3 Å². The molecule has 0 atom stereocenters. The van der Waals surface area contributed by atoms with Gasteiger partial charge in [-0.3, -0.25) is 0 Å². The maximum Gasteiger partial charge on any atom is 0.327 e. The largest absolute Gasteiger partial charge is 0.426 e. The molecule has 112 valence electrons. The monoisotopic (exact) mass is 290 g/mol. The summed E-state index contributed by atoms with van der Waals surface area (Å²) in [5.41, 5.74) is 7.17. The van der Waals surface area contributed by atoms with Gasteiger partial charge in [0, 0.05) is 0 Å². The van der Waals surface area contributed by atoms with Gasteiger partial charge in [0.05, 0.1) is 5.60 Å². The molecule has 2 aromatic carbocycles. The van der Waals surface area contributed by atoms with Crippen molar-refractivity contribution in [3.05, 3.63) is 53.6 Å². The summed E-state index contributed by atoms with van der Waals surface area (Å²) in [4.78, 5) is 0. The summed E-state index contributed by atoms with van der Waals surface area (Å²) in [6.45, 7) is 9.29. The Hall–Kier alpha value is -1.54. The van der Waals surface area contributed by atoms with Gasteiger partial charge in [0.25, 0.3) is 0 Å². The first-order chi connectivity index (χ1) is 10.4. The number of hydrogen-bond acceptors (Lipinski definition) is 1. The summed E-state index contributed by atoms with van der Waals surface area (Å²) >= 11 is 0. The lowest BCUT2D eigenvalue weighted by Gasteiger charge is -2.34. The van der Waals surface area contributed by atoms with Crippen molar-refractivity contribution in [1.82, 2.24) is 0 Å². The Morgan fingerprint density at radius 1 is 0.909 bits per heavy atom. The second-order valence-electron chi connectivity index (χ2n) is 7.96. The zero-order valence-corrected chi connectivity index (χ0v) is 13.9. The van der Waals surface area contributed by atoms with E-state index < -0.39 is 0 Å². The first-order valence-electron chi connectivity index (χ1n) is 8.26. The Kier molecular flexibility index (Phi) is 2.87. The van der Waals surface area contributed by atoms with Crippen molar-refractivity contribution in [2.75, 3.05) is 0 Å². The minimum absolute atomic E-state index is 0.0698. The van der Waals surface area contributed by atoms with Crippen molar-refractivity contribution in [1.29, 1.82) is 0 Å². The van der Waals surface area contributed by atoms with E-state index in [1.54, 1.807) is 0 Å². The first-order valence-corrected chi connectivity index (χ1v) is 8.26. The summed E-state index contributed by atoms with van der Waals surface area (Å²) in [6.07, 6.45) is 2.14. The highest BCUT2D eigenvalue weighted by molar-refractivity contribution is 6.68. The summed E-state index contributed by atoms with van der Waals surface area (Å²) in [5.74, 6) is 0. The van der Waals surface area contributed by atoms with Crippen molar-refractivity contribution >= 4 is 12.4 Å². The van der Waals surface area contributed by atoms with Gasteiger partial charge in [0.2, 0.25) is 0 Å². The zero-order chi connectivity index (χ0) is 15.5. The highest BCUT2D eigenvalue weighted by Gasteiger charge is 2.49. The van der Waals surface area contributed by atoms with E-state index in [9.17, 15) is 0 Å². The van der Waals surface area contributed by atoms with Gasteiger partial charge >= 0.3 is 6.92 Å². The van der Waals surface area contributed by atoms with Crippen LogP contribution in [0, 0.1) is 5.41 Å². The summed E-state index contributed by atoms with van der Waals surface area (Å²) < 4.78 is 6.39. The number of rotatable bonds is 1. The quantitative estimate of drug-likeness (QED) is 0.607. The van der Waals surface area contributed by atoms with Gasteiger partial charge in [-0.2, -0.15) is 0 Å². The maximum absolute atomic E-state index is 6.39. The smallest absolute Gasteiger partial charge is 0.327 e. The summed E-state index contributed by atoms with van der Waals surface area (Å²) in [5, 5.41) is 0. The zero-order valence-electron chi connectivity index (χ0n) is 13.9. The van der Waals surface area contributed by atoms with Gasteiger partial charge in [0.15, 0.2) is 0 Å². The van der Waals surface area contributed by atoms with E-state index >= 15 is 0 Å². The standard InChI is InChI=1S/C20H23BO/c1-19(2)13-21(22-20(19,3)4)16-9-10-18-15(12-16)11-14-7-5-6-8-17(14)18/h5-10,12H,11,13H2,1-4H3. The second kappa shape index (κ2) is 4.49. The van der Waals surface area contributed by atoms with Crippen LogP contribution in [0.15, 0.2) is 42.5 Å². The Morgan fingerprint density at radius 2 is 1.64 bits per heavy atom. The molecule has 0 bridgehead atoms. The Balaban J connectivity index is 1.69. The SMILES string of the molecule is CC1(C)CB(c2ccc3c(c2)Cc2ccccc2-3)OC1(C)C. The van der Waals surface area contributed by atoms with E-state index in [1.165, 1.54) is 27.7 Å². The van der Waals surface area contributed by atoms with Gasteiger partial charge in [-0.05, 0) is 59.7 Å². The van der Waals surface area contributed by atoms with Crippen LogP contribution in [0.4, 0.5) is 0 Å². The molecule has 4 rings (SSSR count). The lowest BCUT2D eigenvalue weighted by Crippen LogP contribution is -2.36. The average molecular weight is 290 g/mol. The van der Waals surface area contributed by atoms with Gasteiger partial charge in [-0.15, -0.1) is 0 Å². The van der Waals surface area contributed by atoms with E-state index in [4.69, 9.17) is 4.65 Å².